The molecule has 0 aromatic carbocycles. The van der Waals surface area contributed by atoms with Gasteiger partial charge in [0.25, 0.3) is 0 Å². The lowest BCUT2D eigenvalue weighted by Crippen LogP contribution is -1.92. The quantitative estimate of drug-likeness (QED) is 0.581. The minimum absolute atomic E-state index is 0.521. The van der Waals surface area contributed by atoms with Gasteiger partial charge in [-0.2, -0.15) is 0 Å². The first-order valence-electron chi connectivity index (χ1n) is 4.75. The van der Waals surface area contributed by atoms with Crippen molar-refractivity contribution < 1.29 is 5.11 Å². The second-order valence-corrected chi connectivity index (χ2v) is 8.79. The topological polar surface area (TPSA) is 20.2 Å². The molecule has 1 atom stereocenters. The minimum atomic E-state index is -0.521. The number of hydrogen-bond donors (Lipinski definition) is 1. The molecule has 1 unspecified atom stereocenters. The highest BCUT2D eigenvalue weighted by molar-refractivity contribution is 9.13. The van der Waals surface area contributed by atoms with Gasteiger partial charge in [-0.25, -0.2) is 0 Å². The Morgan fingerprint density at radius 1 is 1.06 bits per heavy atom. The lowest BCUT2D eigenvalue weighted by atomic mass is 10.2. The van der Waals surface area contributed by atoms with E-state index in [1.54, 1.807) is 34.0 Å². The zero-order valence-electron chi connectivity index (χ0n) is 8.31. The van der Waals surface area contributed by atoms with Gasteiger partial charge in [-0.15, -0.1) is 34.0 Å². The van der Waals surface area contributed by atoms with Crippen molar-refractivity contribution in [1.82, 2.24) is 0 Å². The summed E-state index contributed by atoms with van der Waals surface area (Å²) in [5.41, 5.74) is 0. The van der Waals surface area contributed by atoms with Gasteiger partial charge in [0.15, 0.2) is 0 Å². The molecule has 3 aromatic rings. The summed E-state index contributed by atoms with van der Waals surface area (Å²) in [5.74, 6) is 0. The van der Waals surface area contributed by atoms with E-state index >= 15 is 0 Å². The molecule has 3 aromatic heterocycles. The van der Waals surface area contributed by atoms with Crippen molar-refractivity contribution in [2.24, 2.45) is 0 Å². The van der Waals surface area contributed by atoms with Crippen LogP contribution in [0.2, 0.25) is 0 Å². The summed E-state index contributed by atoms with van der Waals surface area (Å²) in [6.07, 6.45) is -0.521. The van der Waals surface area contributed by atoms with Gasteiger partial charge < -0.3 is 5.11 Å². The maximum absolute atomic E-state index is 10.3. The maximum Gasteiger partial charge on any atom is 0.122 e. The molecule has 0 aliphatic rings. The van der Waals surface area contributed by atoms with Crippen LogP contribution in [0.5, 0.6) is 0 Å². The Bertz CT molecular complexity index is 619. The fourth-order valence-electron chi connectivity index (χ4n) is 1.56. The van der Waals surface area contributed by atoms with Crippen molar-refractivity contribution in [1.29, 1.82) is 0 Å². The SMILES string of the molecule is OC(c1cc(Br)c(Br)s1)c1cc2sccc2s1. The first-order chi connectivity index (χ1) is 8.15. The fraction of sp³-hybridized carbons (Fsp3) is 0.0909. The van der Waals surface area contributed by atoms with Gasteiger partial charge in [0.1, 0.15) is 6.10 Å². The van der Waals surface area contributed by atoms with Gasteiger partial charge >= 0.3 is 0 Å². The summed E-state index contributed by atoms with van der Waals surface area (Å²) in [5, 5.41) is 12.4. The first kappa shape index (κ1) is 12.3. The zero-order chi connectivity index (χ0) is 12.0. The second kappa shape index (κ2) is 4.75. The van der Waals surface area contributed by atoms with Crippen LogP contribution >= 0.6 is 65.9 Å². The molecule has 1 N–H and O–H groups in total. The van der Waals surface area contributed by atoms with Crippen molar-refractivity contribution >= 4 is 75.3 Å². The number of thiophene rings is 3. The van der Waals surface area contributed by atoms with E-state index in [0.717, 1.165) is 18.0 Å². The Hall–Kier alpha value is 0.280. The summed E-state index contributed by atoms with van der Waals surface area (Å²) < 4.78 is 4.51. The molecule has 88 valence electrons. The van der Waals surface area contributed by atoms with Gasteiger partial charge in [0.05, 0.1) is 3.79 Å². The molecule has 0 saturated heterocycles. The predicted octanol–water partition coefficient (Wildman–Crippen LogP) is 5.63. The summed E-state index contributed by atoms with van der Waals surface area (Å²) in [4.78, 5) is 1.96. The Kier molecular flexibility index (Phi) is 3.44. The predicted molar refractivity (Wildman–Crippen MR) is 83.5 cm³/mol. The van der Waals surface area contributed by atoms with Crippen LogP contribution in [-0.4, -0.2) is 5.11 Å². The van der Waals surface area contributed by atoms with E-state index in [0.29, 0.717) is 0 Å². The van der Waals surface area contributed by atoms with Crippen LogP contribution in [-0.2, 0) is 0 Å². The van der Waals surface area contributed by atoms with Crippen LogP contribution in [0.4, 0.5) is 0 Å². The average Bonchev–Trinajstić information content (AvgIpc) is 2.92. The highest BCUT2D eigenvalue weighted by atomic mass is 79.9. The molecule has 0 aliphatic heterocycles. The van der Waals surface area contributed by atoms with Crippen LogP contribution in [0.25, 0.3) is 9.40 Å². The van der Waals surface area contributed by atoms with E-state index in [-0.39, 0.29) is 0 Å². The Balaban J connectivity index is 2.01. The normalized spacial score (nSPS) is 13.4. The van der Waals surface area contributed by atoms with E-state index < -0.39 is 6.10 Å². The molecule has 0 amide bonds. The summed E-state index contributed by atoms with van der Waals surface area (Å²) in [6.45, 7) is 0. The number of aliphatic hydroxyl groups is 1. The third-order valence-corrected chi connectivity index (χ3v) is 7.82. The van der Waals surface area contributed by atoms with Crippen molar-refractivity contribution in [3.8, 4) is 0 Å². The molecule has 0 spiro atoms. The number of aliphatic hydroxyl groups excluding tert-OH is 1. The largest absolute Gasteiger partial charge is 0.382 e. The smallest absolute Gasteiger partial charge is 0.122 e. The van der Waals surface area contributed by atoms with E-state index in [4.69, 9.17) is 0 Å². The number of halogens is 2. The maximum atomic E-state index is 10.3. The van der Waals surface area contributed by atoms with Gasteiger partial charge in [0.2, 0.25) is 0 Å². The highest BCUT2D eigenvalue weighted by Gasteiger charge is 2.17. The molecule has 3 rings (SSSR count). The monoisotopic (exact) mass is 408 g/mol. The number of fused-ring (bicyclic) bond motifs is 1. The second-order valence-electron chi connectivity index (χ2n) is 3.47. The Labute approximate surface area is 127 Å². The fourth-order valence-corrected chi connectivity index (χ4v) is 5.85. The van der Waals surface area contributed by atoms with Gasteiger partial charge in [-0.1, -0.05) is 0 Å². The minimum Gasteiger partial charge on any atom is -0.382 e. The van der Waals surface area contributed by atoms with Gasteiger partial charge in [-0.3, -0.25) is 0 Å². The molecule has 6 heteroatoms. The van der Waals surface area contributed by atoms with Crippen molar-refractivity contribution in [2.45, 2.75) is 6.10 Å². The van der Waals surface area contributed by atoms with Crippen molar-refractivity contribution in [3.63, 3.8) is 0 Å². The molecule has 1 nitrogen and oxygen atoms in total. The summed E-state index contributed by atoms with van der Waals surface area (Å²) >= 11 is 11.8. The first-order valence-corrected chi connectivity index (χ1v) is 8.85. The van der Waals surface area contributed by atoms with Crippen LogP contribution in [0, 0.1) is 0 Å². The van der Waals surface area contributed by atoms with Crippen LogP contribution in [0.3, 0.4) is 0 Å². The molecule has 0 saturated carbocycles. The third kappa shape index (κ3) is 2.27. The zero-order valence-corrected chi connectivity index (χ0v) is 13.9. The van der Waals surface area contributed by atoms with Crippen LogP contribution in [0.1, 0.15) is 15.9 Å². The van der Waals surface area contributed by atoms with E-state index in [9.17, 15) is 5.11 Å². The summed E-state index contributed by atoms with van der Waals surface area (Å²) in [6, 6.07) is 6.14. The third-order valence-electron chi connectivity index (χ3n) is 2.36. The molecular weight excluding hydrogens is 404 g/mol. The van der Waals surface area contributed by atoms with E-state index in [2.05, 4.69) is 49.4 Å². The molecule has 17 heavy (non-hydrogen) atoms. The lowest BCUT2D eigenvalue weighted by molar-refractivity contribution is 0.228. The molecule has 0 radical (unpaired) electrons. The summed E-state index contributed by atoms with van der Waals surface area (Å²) in [7, 11) is 0. The van der Waals surface area contributed by atoms with E-state index in [1.807, 2.05) is 6.07 Å². The van der Waals surface area contributed by atoms with Crippen LogP contribution < -0.4 is 0 Å². The van der Waals surface area contributed by atoms with Gasteiger partial charge in [0, 0.05) is 23.6 Å². The van der Waals surface area contributed by atoms with Crippen molar-refractivity contribution in [2.75, 3.05) is 0 Å². The molecule has 0 aliphatic carbocycles. The number of hydrogen-bond acceptors (Lipinski definition) is 4. The Morgan fingerprint density at radius 2 is 1.82 bits per heavy atom. The molecule has 0 fully saturated rings. The molecule has 0 bridgehead atoms. The molecular formula is C11H6Br2OS3. The number of rotatable bonds is 2. The Morgan fingerprint density at radius 3 is 2.47 bits per heavy atom. The van der Waals surface area contributed by atoms with Crippen molar-refractivity contribution in [3.05, 3.63) is 41.6 Å². The van der Waals surface area contributed by atoms with Crippen LogP contribution in [0.15, 0.2) is 31.8 Å². The van der Waals surface area contributed by atoms with Gasteiger partial charge in [-0.05, 0) is 55.4 Å². The highest BCUT2D eigenvalue weighted by Crippen LogP contribution is 2.41. The lowest BCUT2D eigenvalue weighted by Gasteiger charge is -2.04. The van der Waals surface area contributed by atoms with E-state index in [1.165, 1.54) is 9.40 Å². The molecule has 3 heterocycles. The standard InChI is InChI=1S/C11H6Br2OS3/c12-5-3-8(17-11(5)13)10(14)9-4-7-6(16-9)1-2-15-7/h1-4,10,14H. The average molecular weight is 410 g/mol.